The second kappa shape index (κ2) is 7.74. The normalized spacial score (nSPS) is 14.7. The van der Waals surface area contributed by atoms with E-state index in [1.54, 1.807) is 26.6 Å². The lowest BCUT2D eigenvalue weighted by Gasteiger charge is -2.27. The third kappa shape index (κ3) is 3.21. The Morgan fingerprint density at radius 3 is 2.61 bits per heavy atom. The SMILES string of the molecule is COc1cc2cc3c(c(-c4cnc(N5CCc6sccc6C5)nc4)c2cc1OC)C(=O)OC3. The van der Waals surface area contributed by atoms with Gasteiger partial charge in [-0.3, -0.25) is 0 Å². The first-order valence-corrected chi connectivity index (χ1v) is 11.6. The summed E-state index contributed by atoms with van der Waals surface area (Å²) < 4.78 is 16.4. The first-order chi connectivity index (χ1) is 16.2. The molecule has 2 aromatic heterocycles. The van der Waals surface area contributed by atoms with Gasteiger partial charge in [-0.25, -0.2) is 14.8 Å². The van der Waals surface area contributed by atoms with Gasteiger partial charge in [-0.05, 0) is 52.4 Å². The first-order valence-electron chi connectivity index (χ1n) is 10.7. The molecule has 0 spiro atoms. The number of esters is 1. The smallest absolute Gasteiger partial charge is 0.339 e. The molecule has 0 aliphatic carbocycles. The molecule has 2 aromatic carbocycles. The molecule has 0 bridgehead atoms. The fourth-order valence-corrected chi connectivity index (χ4v) is 5.57. The van der Waals surface area contributed by atoms with Gasteiger partial charge in [-0.1, -0.05) is 0 Å². The molecule has 0 saturated carbocycles. The highest BCUT2D eigenvalue weighted by Gasteiger charge is 2.29. The summed E-state index contributed by atoms with van der Waals surface area (Å²) in [5, 5.41) is 3.94. The van der Waals surface area contributed by atoms with Crippen LogP contribution in [0.2, 0.25) is 0 Å². The molecular weight excluding hydrogens is 438 g/mol. The maximum Gasteiger partial charge on any atom is 0.339 e. The average molecular weight is 460 g/mol. The van der Waals surface area contributed by atoms with Gasteiger partial charge in [0.25, 0.3) is 0 Å². The highest BCUT2D eigenvalue weighted by atomic mass is 32.1. The summed E-state index contributed by atoms with van der Waals surface area (Å²) in [7, 11) is 3.21. The molecule has 7 nitrogen and oxygen atoms in total. The summed E-state index contributed by atoms with van der Waals surface area (Å²) in [4.78, 5) is 25.7. The molecule has 0 N–H and O–H groups in total. The average Bonchev–Trinajstić information content (AvgIpc) is 3.48. The van der Waals surface area contributed by atoms with Gasteiger partial charge in [0.05, 0.1) is 19.8 Å². The van der Waals surface area contributed by atoms with Crippen LogP contribution in [0.1, 0.15) is 26.4 Å². The summed E-state index contributed by atoms with van der Waals surface area (Å²) >= 11 is 1.81. The van der Waals surface area contributed by atoms with Crippen molar-refractivity contribution in [3.05, 3.63) is 63.6 Å². The van der Waals surface area contributed by atoms with Crippen LogP contribution in [-0.4, -0.2) is 36.7 Å². The summed E-state index contributed by atoms with van der Waals surface area (Å²) in [6.45, 7) is 1.95. The number of ether oxygens (including phenoxy) is 3. The van der Waals surface area contributed by atoms with Crippen molar-refractivity contribution < 1.29 is 19.0 Å². The van der Waals surface area contributed by atoms with Gasteiger partial charge < -0.3 is 19.1 Å². The van der Waals surface area contributed by atoms with Crippen LogP contribution in [0.25, 0.3) is 21.9 Å². The van der Waals surface area contributed by atoms with Crippen molar-refractivity contribution in [2.75, 3.05) is 25.7 Å². The molecule has 0 amide bonds. The second-order valence-corrected chi connectivity index (χ2v) is 9.10. The Morgan fingerprint density at radius 1 is 1.03 bits per heavy atom. The van der Waals surface area contributed by atoms with Gasteiger partial charge >= 0.3 is 5.97 Å². The van der Waals surface area contributed by atoms with Crippen LogP contribution < -0.4 is 14.4 Å². The van der Waals surface area contributed by atoms with Crippen LogP contribution >= 0.6 is 11.3 Å². The van der Waals surface area contributed by atoms with Crippen molar-refractivity contribution in [3.63, 3.8) is 0 Å². The van der Waals surface area contributed by atoms with Crippen LogP contribution in [0.5, 0.6) is 11.5 Å². The lowest BCUT2D eigenvalue weighted by molar-refractivity contribution is 0.0535. The summed E-state index contributed by atoms with van der Waals surface area (Å²) in [6, 6.07) is 7.96. The highest BCUT2D eigenvalue weighted by Crippen LogP contribution is 2.42. The van der Waals surface area contributed by atoms with Gasteiger partial charge in [-0.2, -0.15) is 0 Å². The minimum absolute atomic E-state index is 0.251. The number of benzene rings is 2. The standard InChI is InChI=1S/C25H21N3O4S/c1-30-19-8-15-7-16-13-32-24(29)23(16)22(18(15)9-20(19)31-2)17-10-26-25(27-11-17)28-5-3-21-14(12-28)4-6-33-21/h4,6-11H,3,5,12-13H2,1-2H3. The molecule has 0 radical (unpaired) electrons. The molecular formula is C25H21N3O4S. The van der Waals surface area contributed by atoms with Crippen LogP contribution in [0, 0.1) is 0 Å². The number of rotatable bonds is 4. The number of carbonyl (C=O) groups excluding carboxylic acids is 1. The fraction of sp³-hybridized carbons (Fsp3) is 0.240. The van der Waals surface area contributed by atoms with Gasteiger partial charge in [0, 0.05) is 47.1 Å². The highest BCUT2D eigenvalue weighted by molar-refractivity contribution is 7.10. The number of nitrogens with zero attached hydrogens (tertiary/aromatic N) is 3. The van der Waals surface area contributed by atoms with E-state index in [2.05, 4.69) is 26.3 Å². The zero-order valence-electron chi connectivity index (χ0n) is 18.3. The van der Waals surface area contributed by atoms with Crippen LogP contribution in [0.3, 0.4) is 0 Å². The van der Waals surface area contributed by atoms with E-state index >= 15 is 0 Å². The van der Waals surface area contributed by atoms with Crippen molar-refractivity contribution in [3.8, 4) is 22.6 Å². The Hall–Kier alpha value is -3.65. The third-order valence-corrected chi connectivity index (χ3v) is 7.33. The molecule has 4 heterocycles. The Kier molecular flexibility index (Phi) is 4.69. The topological polar surface area (TPSA) is 73.8 Å². The number of carbonyl (C=O) groups is 1. The van der Waals surface area contributed by atoms with Crippen molar-refractivity contribution in [1.29, 1.82) is 0 Å². The number of aromatic nitrogens is 2. The lowest BCUT2D eigenvalue weighted by Crippen LogP contribution is -2.30. The predicted octanol–water partition coefficient (Wildman–Crippen LogP) is 4.61. The molecule has 4 aromatic rings. The van der Waals surface area contributed by atoms with E-state index in [-0.39, 0.29) is 12.6 Å². The number of methoxy groups -OCH3 is 2. The van der Waals surface area contributed by atoms with Gasteiger partial charge in [-0.15, -0.1) is 11.3 Å². The molecule has 2 aliphatic heterocycles. The minimum Gasteiger partial charge on any atom is -0.493 e. The first kappa shape index (κ1) is 20.0. The van der Waals surface area contributed by atoms with E-state index in [4.69, 9.17) is 14.2 Å². The number of thiophene rings is 1. The number of anilines is 1. The molecule has 2 aliphatic rings. The van der Waals surface area contributed by atoms with E-state index < -0.39 is 0 Å². The summed E-state index contributed by atoms with van der Waals surface area (Å²) in [5.41, 5.74) is 4.28. The molecule has 8 heteroatoms. The predicted molar refractivity (Wildman–Crippen MR) is 126 cm³/mol. The largest absolute Gasteiger partial charge is 0.493 e. The molecule has 6 rings (SSSR count). The van der Waals surface area contributed by atoms with E-state index in [1.165, 1.54) is 10.4 Å². The van der Waals surface area contributed by atoms with Gasteiger partial charge in [0.2, 0.25) is 5.95 Å². The zero-order valence-corrected chi connectivity index (χ0v) is 19.1. The Balaban J connectivity index is 1.47. The van der Waals surface area contributed by atoms with Crippen LogP contribution in [0.4, 0.5) is 5.95 Å². The molecule has 0 atom stereocenters. The summed E-state index contributed by atoms with van der Waals surface area (Å²) in [5.74, 6) is 1.58. The molecule has 33 heavy (non-hydrogen) atoms. The Labute approximate surface area is 194 Å². The number of hydrogen-bond acceptors (Lipinski definition) is 8. The van der Waals surface area contributed by atoms with Gasteiger partial charge in [0.1, 0.15) is 6.61 Å². The maximum absolute atomic E-state index is 12.7. The van der Waals surface area contributed by atoms with Crippen molar-refractivity contribution in [2.45, 2.75) is 19.6 Å². The monoisotopic (exact) mass is 459 g/mol. The number of hydrogen-bond donors (Lipinski definition) is 0. The van der Waals surface area contributed by atoms with Crippen molar-refractivity contribution in [1.82, 2.24) is 9.97 Å². The van der Waals surface area contributed by atoms with E-state index in [0.717, 1.165) is 47.0 Å². The zero-order chi connectivity index (χ0) is 22.5. The third-order valence-electron chi connectivity index (χ3n) is 6.31. The summed E-state index contributed by atoms with van der Waals surface area (Å²) in [6.07, 6.45) is 4.59. The lowest BCUT2D eigenvalue weighted by atomic mass is 9.91. The van der Waals surface area contributed by atoms with Crippen molar-refractivity contribution >= 4 is 34.0 Å². The molecule has 0 fully saturated rings. The van der Waals surface area contributed by atoms with E-state index in [0.29, 0.717) is 23.0 Å². The number of fused-ring (bicyclic) bond motifs is 3. The maximum atomic E-state index is 12.7. The van der Waals surface area contributed by atoms with E-state index in [9.17, 15) is 4.79 Å². The molecule has 0 saturated heterocycles. The van der Waals surface area contributed by atoms with Crippen LogP contribution in [-0.2, 0) is 24.3 Å². The van der Waals surface area contributed by atoms with Crippen molar-refractivity contribution in [2.24, 2.45) is 0 Å². The Bertz CT molecular complexity index is 1400. The van der Waals surface area contributed by atoms with Gasteiger partial charge in [0.15, 0.2) is 11.5 Å². The quantitative estimate of drug-likeness (QED) is 0.413. The fourth-order valence-electron chi connectivity index (χ4n) is 4.68. The van der Waals surface area contributed by atoms with Crippen LogP contribution in [0.15, 0.2) is 42.0 Å². The second-order valence-electron chi connectivity index (χ2n) is 8.10. The molecule has 166 valence electrons. The molecule has 0 unspecified atom stereocenters. The Morgan fingerprint density at radius 2 is 1.82 bits per heavy atom. The van der Waals surface area contributed by atoms with E-state index in [1.807, 2.05) is 29.5 Å². The number of cyclic esters (lactones) is 1. The minimum atomic E-state index is -0.332.